The molecule has 13 heteroatoms. The Morgan fingerprint density at radius 2 is 2.00 bits per heavy atom. The van der Waals surface area contributed by atoms with Gasteiger partial charge in [0.25, 0.3) is 12.3 Å². The van der Waals surface area contributed by atoms with Crippen molar-refractivity contribution in [3.05, 3.63) is 46.9 Å². The third-order valence-corrected chi connectivity index (χ3v) is 6.66. The molecule has 2 aliphatic rings. The number of hydrogen-bond acceptors (Lipinski definition) is 10. The Hall–Kier alpha value is -4.44. The van der Waals surface area contributed by atoms with Gasteiger partial charge in [-0.15, -0.1) is 0 Å². The maximum Gasteiger partial charge on any atom is 0.301 e. The molecule has 1 saturated carbocycles. The average molecular weight is 552 g/mol. The van der Waals surface area contributed by atoms with Crippen LogP contribution in [-0.2, 0) is 4.74 Å². The number of nitrogens with one attached hydrogen (secondary N) is 1. The van der Waals surface area contributed by atoms with Crippen molar-refractivity contribution in [1.29, 1.82) is 0 Å². The number of aromatic nitrogens is 3. The van der Waals surface area contributed by atoms with Gasteiger partial charge in [0.2, 0.25) is 0 Å². The molecule has 3 aromatic heterocycles. The standard InChI is InChI=1S/C26H23F2N7O3S/c1-14-32-13-33-26(38-14)35(2)22-9-17(18-8-20(23(27)28)29-12-21(18)37-3)19(11-30-22)24(36)34-25-31-10-16(39-25)7-6-15-4-5-15/h8-12,15,23H,4-5,13H2,1-3H3,(H,31,34,36). The third-order valence-electron chi connectivity index (χ3n) is 5.83. The molecular formula is C26H23F2N7O3S. The number of halogens is 2. The van der Waals surface area contributed by atoms with Crippen LogP contribution in [0.2, 0.25) is 0 Å². The maximum absolute atomic E-state index is 13.6. The van der Waals surface area contributed by atoms with Crippen molar-refractivity contribution >= 4 is 40.1 Å². The second-order valence-corrected chi connectivity index (χ2v) is 9.68. The molecule has 1 amide bonds. The fourth-order valence-corrected chi connectivity index (χ4v) is 4.28. The van der Waals surface area contributed by atoms with Gasteiger partial charge in [-0.1, -0.05) is 23.2 Å². The second kappa shape index (κ2) is 11.1. The lowest BCUT2D eigenvalue weighted by atomic mass is 10.00. The van der Waals surface area contributed by atoms with Crippen LogP contribution in [0.1, 0.15) is 47.1 Å². The van der Waals surface area contributed by atoms with Crippen molar-refractivity contribution < 1.29 is 23.0 Å². The first-order valence-electron chi connectivity index (χ1n) is 11.9. The number of alkyl halides is 2. The summed E-state index contributed by atoms with van der Waals surface area (Å²) in [6.45, 7) is 1.89. The number of carbonyl (C=O) groups is 1. The number of carbonyl (C=O) groups excluding carboxylic acids is 1. The zero-order valence-corrected chi connectivity index (χ0v) is 22.1. The van der Waals surface area contributed by atoms with E-state index < -0.39 is 18.0 Å². The van der Waals surface area contributed by atoms with Crippen molar-refractivity contribution in [2.24, 2.45) is 15.9 Å². The molecule has 0 atom stereocenters. The number of ether oxygens (including phenoxy) is 2. The molecular weight excluding hydrogens is 528 g/mol. The summed E-state index contributed by atoms with van der Waals surface area (Å²) >= 11 is 1.25. The predicted octanol–water partition coefficient (Wildman–Crippen LogP) is 4.76. The molecule has 1 aliphatic carbocycles. The van der Waals surface area contributed by atoms with Gasteiger partial charge in [-0.2, -0.15) is 0 Å². The van der Waals surface area contributed by atoms with Crippen LogP contribution in [0.25, 0.3) is 11.1 Å². The highest BCUT2D eigenvalue weighted by Crippen LogP contribution is 2.36. The minimum Gasteiger partial charge on any atom is -0.494 e. The molecule has 1 fully saturated rings. The van der Waals surface area contributed by atoms with E-state index in [4.69, 9.17) is 9.47 Å². The molecule has 0 bridgehead atoms. The molecule has 200 valence electrons. The Bertz CT molecular complexity index is 1540. The SMILES string of the molecule is COc1cnc(C(F)F)cc1-c1cc(N(C)C2=NCN=C(C)O2)ncc1C(=O)Nc1ncc(C#CC2CC2)s1. The summed E-state index contributed by atoms with van der Waals surface area (Å²) in [5.74, 6) is 7.12. The molecule has 0 unspecified atom stereocenters. The van der Waals surface area contributed by atoms with Crippen molar-refractivity contribution in [3.63, 3.8) is 0 Å². The summed E-state index contributed by atoms with van der Waals surface area (Å²) in [5, 5.41) is 3.11. The molecule has 0 spiro atoms. The highest BCUT2D eigenvalue weighted by molar-refractivity contribution is 7.16. The average Bonchev–Trinajstić information content (AvgIpc) is 3.67. The monoisotopic (exact) mass is 551 g/mol. The van der Waals surface area contributed by atoms with E-state index in [2.05, 4.69) is 42.1 Å². The molecule has 0 saturated heterocycles. The lowest BCUT2D eigenvalue weighted by Gasteiger charge is -2.23. The number of amidine groups is 1. The van der Waals surface area contributed by atoms with Gasteiger partial charge >= 0.3 is 6.02 Å². The summed E-state index contributed by atoms with van der Waals surface area (Å²) < 4.78 is 38.2. The van der Waals surface area contributed by atoms with Crippen LogP contribution in [-0.4, -0.2) is 53.6 Å². The van der Waals surface area contributed by atoms with E-state index in [-0.39, 0.29) is 35.1 Å². The number of pyridine rings is 2. The molecule has 0 radical (unpaired) electrons. The van der Waals surface area contributed by atoms with Crippen LogP contribution in [0.5, 0.6) is 5.75 Å². The van der Waals surface area contributed by atoms with E-state index in [1.807, 2.05) is 0 Å². The largest absolute Gasteiger partial charge is 0.494 e. The molecule has 5 rings (SSSR count). The Kier molecular flexibility index (Phi) is 7.47. The Morgan fingerprint density at radius 3 is 2.72 bits per heavy atom. The number of amides is 1. The summed E-state index contributed by atoms with van der Waals surface area (Å²) in [7, 11) is 3.07. The van der Waals surface area contributed by atoms with E-state index in [1.165, 1.54) is 36.9 Å². The summed E-state index contributed by atoms with van der Waals surface area (Å²) in [4.78, 5) is 36.5. The number of methoxy groups -OCH3 is 1. The van der Waals surface area contributed by atoms with Crippen LogP contribution in [0, 0.1) is 17.8 Å². The first-order valence-corrected chi connectivity index (χ1v) is 12.7. The van der Waals surface area contributed by atoms with Gasteiger partial charge in [0, 0.05) is 37.2 Å². The van der Waals surface area contributed by atoms with E-state index in [1.54, 1.807) is 31.1 Å². The molecule has 1 aliphatic heterocycles. The van der Waals surface area contributed by atoms with Gasteiger partial charge < -0.3 is 9.47 Å². The Morgan fingerprint density at radius 1 is 1.18 bits per heavy atom. The molecule has 3 aromatic rings. The third kappa shape index (κ3) is 6.01. The minimum atomic E-state index is -2.83. The smallest absolute Gasteiger partial charge is 0.301 e. The van der Waals surface area contributed by atoms with E-state index >= 15 is 0 Å². The van der Waals surface area contributed by atoms with Crippen LogP contribution >= 0.6 is 11.3 Å². The number of nitrogens with zero attached hydrogens (tertiary/aromatic N) is 6. The molecule has 4 heterocycles. The number of anilines is 2. The number of rotatable bonds is 6. The van der Waals surface area contributed by atoms with Crippen molar-refractivity contribution in [1.82, 2.24) is 15.0 Å². The zero-order chi connectivity index (χ0) is 27.5. The lowest BCUT2D eigenvalue weighted by Crippen LogP contribution is -2.33. The zero-order valence-electron chi connectivity index (χ0n) is 21.2. The van der Waals surface area contributed by atoms with Gasteiger partial charge in [-0.3, -0.25) is 20.0 Å². The number of aliphatic imine (C=N–C) groups is 2. The quantitative estimate of drug-likeness (QED) is 0.440. The first-order chi connectivity index (χ1) is 18.8. The van der Waals surface area contributed by atoms with Crippen molar-refractivity contribution in [2.75, 3.05) is 31.0 Å². The maximum atomic E-state index is 13.6. The molecule has 10 nitrogen and oxygen atoms in total. The number of thiazole rings is 1. The minimum absolute atomic E-state index is 0.113. The van der Waals surface area contributed by atoms with Gasteiger partial charge in [0.1, 0.15) is 23.9 Å². The van der Waals surface area contributed by atoms with Gasteiger partial charge in [0.15, 0.2) is 11.0 Å². The molecule has 1 N–H and O–H groups in total. The van der Waals surface area contributed by atoms with Crippen LogP contribution < -0.4 is 15.0 Å². The van der Waals surface area contributed by atoms with E-state index in [9.17, 15) is 13.6 Å². The van der Waals surface area contributed by atoms with E-state index in [0.717, 1.165) is 17.7 Å². The number of hydrogen-bond donors (Lipinski definition) is 1. The summed E-state index contributed by atoms with van der Waals surface area (Å²) in [6, 6.07) is 3.01. The van der Waals surface area contributed by atoms with Gasteiger partial charge in [0.05, 0.1) is 29.9 Å². The van der Waals surface area contributed by atoms with Gasteiger partial charge in [-0.25, -0.2) is 28.7 Å². The Balaban J connectivity index is 1.53. The van der Waals surface area contributed by atoms with Crippen LogP contribution in [0.4, 0.5) is 19.7 Å². The first kappa shape index (κ1) is 26.2. The van der Waals surface area contributed by atoms with Crippen molar-refractivity contribution in [2.45, 2.75) is 26.2 Å². The topological polar surface area (TPSA) is 114 Å². The molecule has 0 aromatic carbocycles. The summed E-state index contributed by atoms with van der Waals surface area (Å²) in [5.41, 5.74) is 0.179. The fraction of sp³-hybridized carbons (Fsp3) is 0.308. The van der Waals surface area contributed by atoms with Gasteiger partial charge in [-0.05, 0) is 25.0 Å². The highest BCUT2D eigenvalue weighted by Gasteiger charge is 2.24. The Labute approximate surface area is 226 Å². The highest BCUT2D eigenvalue weighted by atomic mass is 32.1. The van der Waals surface area contributed by atoms with Crippen LogP contribution in [0.3, 0.4) is 0 Å². The van der Waals surface area contributed by atoms with Crippen molar-refractivity contribution in [3.8, 4) is 28.7 Å². The fourth-order valence-electron chi connectivity index (χ4n) is 3.60. The van der Waals surface area contributed by atoms with Crippen LogP contribution in [0.15, 0.2) is 40.7 Å². The van der Waals surface area contributed by atoms with E-state index in [0.29, 0.717) is 22.8 Å². The normalized spacial score (nSPS) is 14.5. The summed E-state index contributed by atoms with van der Waals surface area (Å²) in [6.07, 6.45) is 3.54. The second-order valence-electron chi connectivity index (χ2n) is 8.65. The molecule has 39 heavy (non-hydrogen) atoms. The predicted molar refractivity (Wildman–Crippen MR) is 144 cm³/mol. The lowest BCUT2D eigenvalue weighted by molar-refractivity contribution is 0.102.